The van der Waals surface area contributed by atoms with Crippen LogP contribution in [-0.4, -0.2) is 12.4 Å². The summed E-state index contributed by atoms with van der Waals surface area (Å²) < 4.78 is 27.9. The maximum absolute atomic E-state index is 11.9. The Hall–Kier alpha value is -1.16. The lowest BCUT2D eigenvalue weighted by Crippen LogP contribution is -2.03. The number of halogens is 3. The Labute approximate surface area is 84.4 Å². The highest BCUT2D eigenvalue weighted by Crippen LogP contribution is 2.27. The summed E-state index contributed by atoms with van der Waals surface area (Å²) in [5.74, 6) is -0.421. The standard InChI is InChI=1S/C9H7ClF2O2/c1-5(13)6-2-3-7(10)8(4-6)14-9(11)12/h2-4,9H,1H3. The zero-order chi connectivity index (χ0) is 10.7. The minimum absolute atomic E-state index is 0.0512. The van der Waals surface area contributed by atoms with Gasteiger partial charge >= 0.3 is 6.61 Å². The number of rotatable bonds is 3. The van der Waals surface area contributed by atoms with Gasteiger partial charge in [-0.05, 0) is 25.1 Å². The molecule has 1 aromatic carbocycles. The third-order valence-corrected chi connectivity index (χ3v) is 1.87. The Morgan fingerprint density at radius 1 is 1.50 bits per heavy atom. The number of carbonyl (C=O) groups is 1. The normalized spacial score (nSPS) is 10.4. The van der Waals surface area contributed by atoms with Crippen LogP contribution >= 0.6 is 11.6 Å². The lowest BCUT2D eigenvalue weighted by atomic mass is 10.1. The van der Waals surface area contributed by atoms with Gasteiger partial charge in [-0.1, -0.05) is 11.6 Å². The van der Waals surface area contributed by atoms with E-state index in [-0.39, 0.29) is 22.1 Å². The zero-order valence-electron chi connectivity index (χ0n) is 7.26. The highest BCUT2D eigenvalue weighted by Gasteiger charge is 2.10. The molecular formula is C9H7ClF2O2. The van der Waals surface area contributed by atoms with Gasteiger partial charge in [-0.3, -0.25) is 4.79 Å². The molecule has 0 fully saturated rings. The SMILES string of the molecule is CC(=O)c1ccc(Cl)c(OC(F)F)c1. The first kappa shape index (κ1) is 10.9. The van der Waals surface area contributed by atoms with Crippen LogP contribution in [0.3, 0.4) is 0 Å². The molecule has 0 N–H and O–H groups in total. The molecule has 0 atom stereocenters. The Kier molecular flexibility index (Phi) is 3.41. The van der Waals surface area contributed by atoms with E-state index in [1.54, 1.807) is 0 Å². The van der Waals surface area contributed by atoms with Crippen LogP contribution < -0.4 is 4.74 Å². The second kappa shape index (κ2) is 4.37. The van der Waals surface area contributed by atoms with Crippen molar-refractivity contribution in [3.8, 4) is 5.75 Å². The molecule has 0 saturated carbocycles. The van der Waals surface area contributed by atoms with Gasteiger partial charge in [-0.2, -0.15) is 8.78 Å². The second-order valence-corrected chi connectivity index (χ2v) is 2.99. The largest absolute Gasteiger partial charge is 0.433 e. The molecule has 0 spiro atoms. The first-order chi connectivity index (χ1) is 6.50. The van der Waals surface area contributed by atoms with Crippen molar-refractivity contribution in [3.63, 3.8) is 0 Å². The van der Waals surface area contributed by atoms with Crippen molar-refractivity contribution in [1.29, 1.82) is 0 Å². The number of carbonyl (C=O) groups excluding carboxylic acids is 1. The van der Waals surface area contributed by atoms with Crippen molar-refractivity contribution in [2.24, 2.45) is 0 Å². The van der Waals surface area contributed by atoms with E-state index in [1.165, 1.54) is 25.1 Å². The average molecular weight is 221 g/mol. The van der Waals surface area contributed by atoms with Gasteiger partial charge in [0.2, 0.25) is 0 Å². The van der Waals surface area contributed by atoms with Crippen molar-refractivity contribution in [2.75, 3.05) is 0 Å². The summed E-state index contributed by atoms with van der Waals surface area (Å²) in [6.07, 6.45) is 0. The van der Waals surface area contributed by atoms with Gasteiger partial charge in [0.25, 0.3) is 0 Å². The summed E-state index contributed by atoms with van der Waals surface area (Å²) in [5, 5.41) is 0.0512. The highest BCUT2D eigenvalue weighted by molar-refractivity contribution is 6.32. The highest BCUT2D eigenvalue weighted by atomic mass is 35.5. The molecule has 1 rings (SSSR count). The van der Waals surface area contributed by atoms with Gasteiger partial charge in [0.15, 0.2) is 5.78 Å². The van der Waals surface area contributed by atoms with Gasteiger partial charge in [-0.25, -0.2) is 0 Å². The van der Waals surface area contributed by atoms with E-state index in [2.05, 4.69) is 4.74 Å². The number of ketones is 1. The van der Waals surface area contributed by atoms with E-state index < -0.39 is 6.61 Å². The number of hydrogen-bond acceptors (Lipinski definition) is 2. The van der Waals surface area contributed by atoms with E-state index in [0.29, 0.717) is 0 Å². The summed E-state index contributed by atoms with van der Waals surface area (Å²) >= 11 is 5.58. The Balaban J connectivity index is 3.02. The molecule has 5 heteroatoms. The molecule has 0 bridgehead atoms. The first-order valence-electron chi connectivity index (χ1n) is 3.76. The Morgan fingerprint density at radius 3 is 2.64 bits per heavy atom. The van der Waals surface area contributed by atoms with Gasteiger partial charge in [0.1, 0.15) is 5.75 Å². The maximum Gasteiger partial charge on any atom is 0.387 e. The van der Waals surface area contributed by atoms with Crippen LogP contribution in [0.4, 0.5) is 8.78 Å². The van der Waals surface area contributed by atoms with Crippen LogP contribution in [0.25, 0.3) is 0 Å². The molecule has 76 valence electrons. The van der Waals surface area contributed by atoms with Crippen LogP contribution in [-0.2, 0) is 0 Å². The maximum atomic E-state index is 11.9. The van der Waals surface area contributed by atoms with E-state index in [4.69, 9.17) is 11.6 Å². The number of Topliss-reactive ketones (excluding diaryl/α,β-unsaturated/α-hetero) is 1. The summed E-state index contributed by atoms with van der Waals surface area (Å²) in [7, 11) is 0. The van der Waals surface area contributed by atoms with Crippen molar-refractivity contribution in [3.05, 3.63) is 28.8 Å². The molecule has 0 aliphatic heterocycles. The quantitative estimate of drug-likeness (QED) is 0.732. The molecule has 0 saturated heterocycles. The van der Waals surface area contributed by atoms with Gasteiger partial charge < -0.3 is 4.74 Å². The monoisotopic (exact) mass is 220 g/mol. The molecule has 2 nitrogen and oxygen atoms in total. The number of alkyl halides is 2. The van der Waals surface area contributed by atoms with Crippen molar-refractivity contribution < 1.29 is 18.3 Å². The third-order valence-electron chi connectivity index (χ3n) is 1.55. The number of ether oxygens (including phenoxy) is 1. The van der Waals surface area contributed by atoms with Crippen LogP contribution in [0.2, 0.25) is 5.02 Å². The Bertz CT molecular complexity index is 353. The third kappa shape index (κ3) is 2.67. The minimum Gasteiger partial charge on any atom is -0.433 e. The molecule has 0 aliphatic rings. The molecule has 0 unspecified atom stereocenters. The van der Waals surface area contributed by atoms with Gasteiger partial charge in [-0.15, -0.1) is 0 Å². The molecule has 0 aromatic heterocycles. The van der Waals surface area contributed by atoms with Crippen LogP contribution in [0.5, 0.6) is 5.75 Å². The number of benzene rings is 1. The molecule has 0 heterocycles. The van der Waals surface area contributed by atoms with Crippen molar-refractivity contribution in [2.45, 2.75) is 13.5 Å². The smallest absolute Gasteiger partial charge is 0.387 e. The van der Waals surface area contributed by atoms with E-state index in [0.717, 1.165) is 0 Å². The Morgan fingerprint density at radius 2 is 2.14 bits per heavy atom. The van der Waals surface area contributed by atoms with Crippen LogP contribution in [0, 0.1) is 0 Å². The van der Waals surface area contributed by atoms with Crippen molar-refractivity contribution in [1.82, 2.24) is 0 Å². The van der Waals surface area contributed by atoms with Crippen LogP contribution in [0.15, 0.2) is 18.2 Å². The topological polar surface area (TPSA) is 26.3 Å². The summed E-state index contributed by atoms with van der Waals surface area (Å²) in [6, 6.07) is 3.98. The van der Waals surface area contributed by atoms with Gasteiger partial charge in [0, 0.05) is 5.56 Å². The van der Waals surface area contributed by atoms with E-state index in [1.807, 2.05) is 0 Å². The van der Waals surface area contributed by atoms with E-state index >= 15 is 0 Å². The van der Waals surface area contributed by atoms with Crippen molar-refractivity contribution >= 4 is 17.4 Å². The van der Waals surface area contributed by atoms with Crippen LogP contribution in [0.1, 0.15) is 17.3 Å². The molecule has 0 radical (unpaired) electrons. The number of hydrogen-bond donors (Lipinski definition) is 0. The second-order valence-electron chi connectivity index (χ2n) is 2.58. The molecule has 1 aromatic rings. The predicted octanol–water partition coefficient (Wildman–Crippen LogP) is 3.14. The lowest BCUT2D eigenvalue weighted by Gasteiger charge is -2.07. The first-order valence-corrected chi connectivity index (χ1v) is 4.14. The summed E-state index contributed by atoms with van der Waals surface area (Å²) in [4.78, 5) is 10.9. The minimum atomic E-state index is -2.95. The fraction of sp³-hybridized carbons (Fsp3) is 0.222. The summed E-state index contributed by atoms with van der Waals surface area (Å²) in [6.45, 7) is -1.62. The average Bonchev–Trinajstić information content (AvgIpc) is 2.07. The molecule has 14 heavy (non-hydrogen) atoms. The lowest BCUT2D eigenvalue weighted by molar-refractivity contribution is -0.0498. The zero-order valence-corrected chi connectivity index (χ0v) is 8.02. The van der Waals surface area contributed by atoms with E-state index in [9.17, 15) is 13.6 Å². The van der Waals surface area contributed by atoms with Gasteiger partial charge in [0.05, 0.1) is 5.02 Å². The predicted molar refractivity (Wildman–Crippen MR) is 48.1 cm³/mol. The molecule has 0 aliphatic carbocycles. The fourth-order valence-corrected chi connectivity index (χ4v) is 1.07. The molecular weight excluding hydrogens is 214 g/mol. The fourth-order valence-electron chi connectivity index (χ4n) is 0.909. The molecule has 0 amide bonds. The summed E-state index contributed by atoms with van der Waals surface area (Å²) in [5.41, 5.74) is 0.282.